The number of aromatic hydroxyl groups is 1. The van der Waals surface area contributed by atoms with Crippen LogP contribution in [0.1, 0.15) is 35.2 Å². The van der Waals surface area contributed by atoms with Gasteiger partial charge in [-0.2, -0.15) is 0 Å². The van der Waals surface area contributed by atoms with E-state index >= 15 is 0 Å². The molecular formula is C27H22N4O. The molecule has 0 saturated carbocycles. The van der Waals surface area contributed by atoms with E-state index in [9.17, 15) is 5.11 Å². The van der Waals surface area contributed by atoms with Gasteiger partial charge in [-0.25, -0.2) is 0 Å². The van der Waals surface area contributed by atoms with Crippen LogP contribution in [-0.2, 0) is 0 Å². The van der Waals surface area contributed by atoms with E-state index in [1.807, 2.05) is 18.2 Å². The lowest BCUT2D eigenvalue weighted by Crippen LogP contribution is -2.58. The van der Waals surface area contributed by atoms with Gasteiger partial charge < -0.3 is 25.5 Å². The zero-order valence-corrected chi connectivity index (χ0v) is 17.3. The molecule has 4 aromatic rings. The summed E-state index contributed by atoms with van der Waals surface area (Å²) in [7, 11) is 0. The van der Waals surface area contributed by atoms with Gasteiger partial charge in [0.1, 0.15) is 24.2 Å². The Balaban J connectivity index is 1.51. The molecule has 7 rings (SSSR count). The van der Waals surface area contributed by atoms with Crippen LogP contribution in [0.2, 0.25) is 0 Å². The van der Waals surface area contributed by atoms with Gasteiger partial charge in [0.05, 0.1) is 5.69 Å². The van der Waals surface area contributed by atoms with Crippen molar-refractivity contribution in [3.05, 3.63) is 114 Å². The van der Waals surface area contributed by atoms with E-state index in [4.69, 9.17) is 0 Å². The molecular weight excluding hydrogens is 396 g/mol. The summed E-state index contributed by atoms with van der Waals surface area (Å²) in [5.74, 6) is 0.251. The van der Waals surface area contributed by atoms with Crippen LogP contribution in [-0.4, -0.2) is 5.11 Å². The van der Waals surface area contributed by atoms with E-state index in [0.29, 0.717) is 0 Å². The first-order valence-corrected chi connectivity index (χ1v) is 11.0. The third kappa shape index (κ3) is 2.28. The number of nitrogens with one attached hydrogen (secondary N) is 2. The molecule has 4 bridgehead atoms. The van der Waals surface area contributed by atoms with Crippen LogP contribution >= 0.6 is 0 Å². The Morgan fingerprint density at radius 2 is 1.28 bits per heavy atom. The van der Waals surface area contributed by atoms with E-state index in [1.54, 1.807) is 6.07 Å². The Morgan fingerprint density at radius 1 is 0.656 bits per heavy atom. The molecule has 0 radical (unpaired) electrons. The van der Waals surface area contributed by atoms with Crippen LogP contribution in [0.3, 0.4) is 0 Å². The van der Waals surface area contributed by atoms with Crippen molar-refractivity contribution in [2.24, 2.45) is 0 Å². The highest BCUT2D eigenvalue weighted by molar-refractivity contribution is 5.80. The molecule has 3 N–H and O–H groups in total. The van der Waals surface area contributed by atoms with Crippen LogP contribution in [0.15, 0.2) is 97.1 Å². The minimum atomic E-state index is -0.144. The van der Waals surface area contributed by atoms with Gasteiger partial charge in [-0.05, 0) is 30.3 Å². The first-order valence-electron chi connectivity index (χ1n) is 11.0. The standard InChI is InChI=1S/C27H22N4O/c32-24-16-8-5-13-21(24)29-26-19-11-3-7-15-23(19)30-25-18-10-2-6-14-22(18)31(26)27(30)17-9-1-4-12-20(17)28-25/h1-16,25-29,32H/t25-,26+,27-/m1/s1. The van der Waals surface area contributed by atoms with Gasteiger partial charge in [0.25, 0.3) is 0 Å². The molecule has 0 fully saturated rings. The highest BCUT2D eigenvalue weighted by atomic mass is 16.3. The monoisotopic (exact) mass is 418 g/mol. The summed E-state index contributed by atoms with van der Waals surface area (Å²) in [5.41, 5.74) is 7.97. The van der Waals surface area contributed by atoms with Crippen molar-refractivity contribution in [3.63, 3.8) is 0 Å². The van der Waals surface area contributed by atoms with Crippen molar-refractivity contribution >= 4 is 22.7 Å². The molecule has 3 aliphatic rings. The molecule has 0 unspecified atom stereocenters. The number of hydrogen-bond donors (Lipinski definition) is 3. The zero-order chi connectivity index (χ0) is 21.2. The summed E-state index contributed by atoms with van der Waals surface area (Å²) in [5, 5.41) is 18.0. The highest BCUT2D eigenvalue weighted by Gasteiger charge is 2.50. The van der Waals surface area contributed by atoms with Crippen molar-refractivity contribution in [1.29, 1.82) is 0 Å². The number of para-hydroxylation sites is 5. The van der Waals surface area contributed by atoms with Crippen LogP contribution in [0, 0.1) is 0 Å². The fraction of sp³-hybridized carbons (Fsp3) is 0.111. The van der Waals surface area contributed by atoms with Gasteiger partial charge in [-0.3, -0.25) is 0 Å². The number of phenols is 1. The predicted molar refractivity (Wildman–Crippen MR) is 128 cm³/mol. The molecule has 0 amide bonds. The number of hydrogen-bond acceptors (Lipinski definition) is 5. The number of rotatable bonds is 2. The molecule has 3 aliphatic heterocycles. The Bertz CT molecular complexity index is 1350. The Kier molecular flexibility index (Phi) is 3.53. The molecule has 4 aromatic carbocycles. The topological polar surface area (TPSA) is 50.8 Å². The van der Waals surface area contributed by atoms with Crippen LogP contribution in [0.4, 0.5) is 22.7 Å². The lowest BCUT2D eigenvalue weighted by atomic mass is 9.88. The van der Waals surface area contributed by atoms with Gasteiger partial charge in [-0.1, -0.05) is 66.7 Å². The Morgan fingerprint density at radius 3 is 2.09 bits per heavy atom. The maximum atomic E-state index is 10.5. The molecule has 156 valence electrons. The SMILES string of the molecule is Oc1ccccc1N[C@@H]1c2ccccc2N2[C@H]3c4ccccc4N[C@H]2c2ccccc2N31. The van der Waals surface area contributed by atoms with Crippen LogP contribution in [0.5, 0.6) is 5.75 Å². The van der Waals surface area contributed by atoms with Gasteiger partial charge in [-0.15, -0.1) is 0 Å². The minimum Gasteiger partial charge on any atom is -0.506 e. The number of nitrogens with zero attached hydrogens (tertiary/aromatic N) is 2. The summed E-state index contributed by atoms with van der Waals surface area (Å²) in [6.07, 6.45) is -0.0609. The first kappa shape index (κ1) is 17.5. The predicted octanol–water partition coefficient (Wildman–Crippen LogP) is 5.97. The Labute approximate surface area is 186 Å². The number of fused-ring (bicyclic) bond motifs is 5. The molecule has 3 atom stereocenters. The maximum absolute atomic E-state index is 10.5. The highest BCUT2D eigenvalue weighted by Crippen LogP contribution is 2.58. The third-order valence-corrected chi connectivity index (χ3v) is 6.83. The summed E-state index contributed by atoms with van der Waals surface area (Å²) >= 11 is 0. The van der Waals surface area contributed by atoms with Crippen LogP contribution in [0.25, 0.3) is 0 Å². The molecule has 0 spiro atoms. The second-order valence-corrected chi connectivity index (χ2v) is 8.50. The zero-order valence-electron chi connectivity index (χ0n) is 17.3. The van der Waals surface area contributed by atoms with Gasteiger partial charge in [0.2, 0.25) is 0 Å². The van der Waals surface area contributed by atoms with E-state index in [0.717, 1.165) is 5.69 Å². The average Bonchev–Trinajstić information content (AvgIpc) is 2.84. The second-order valence-electron chi connectivity index (χ2n) is 8.50. The van der Waals surface area contributed by atoms with Crippen molar-refractivity contribution < 1.29 is 5.11 Å². The average molecular weight is 419 g/mol. The summed E-state index contributed by atoms with van der Waals surface area (Å²) < 4.78 is 0. The lowest BCUT2D eigenvalue weighted by Gasteiger charge is -2.60. The van der Waals surface area contributed by atoms with Gasteiger partial charge in [0.15, 0.2) is 0 Å². The molecule has 0 aliphatic carbocycles. The van der Waals surface area contributed by atoms with Crippen molar-refractivity contribution in [2.45, 2.75) is 18.5 Å². The number of phenolic OH excluding ortho intramolecular Hbond substituents is 1. The number of anilines is 4. The van der Waals surface area contributed by atoms with E-state index in [-0.39, 0.29) is 24.2 Å². The molecule has 5 heteroatoms. The fourth-order valence-electron chi connectivity index (χ4n) is 5.50. The first-order chi connectivity index (χ1) is 15.8. The summed E-state index contributed by atoms with van der Waals surface area (Å²) in [6.45, 7) is 0. The Hall–Kier alpha value is -4.12. The third-order valence-electron chi connectivity index (χ3n) is 6.83. The second kappa shape index (κ2) is 6.44. The fourth-order valence-corrected chi connectivity index (χ4v) is 5.50. The van der Waals surface area contributed by atoms with E-state index in [1.165, 1.54) is 33.8 Å². The van der Waals surface area contributed by atoms with Gasteiger partial charge >= 0.3 is 0 Å². The largest absolute Gasteiger partial charge is 0.506 e. The quantitative estimate of drug-likeness (QED) is 0.350. The van der Waals surface area contributed by atoms with Gasteiger partial charge in [0, 0.05) is 33.8 Å². The van der Waals surface area contributed by atoms with Crippen molar-refractivity contribution in [1.82, 2.24) is 0 Å². The number of benzene rings is 4. The van der Waals surface area contributed by atoms with E-state index < -0.39 is 0 Å². The molecule has 0 saturated heterocycles. The molecule has 0 aromatic heterocycles. The summed E-state index contributed by atoms with van der Waals surface area (Å²) in [4.78, 5) is 4.95. The maximum Gasteiger partial charge on any atom is 0.138 e. The smallest absolute Gasteiger partial charge is 0.138 e. The van der Waals surface area contributed by atoms with Crippen LogP contribution < -0.4 is 20.4 Å². The molecule has 5 nitrogen and oxygen atoms in total. The normalized spacial score (nSPS) is 21.7. The minimum absolute atomic E-state index is 0.0330. The van der Waals surface area contributed by atoms with Crippen molar-refractivity contribution in [2.75, 3.05) is 20.4 Å². The summed E-state index contributed by atoms with van der Waals surface area (Å²) in [6, 6.07) is 33.2. The molecule has 32 heavy (non-hydrogen) atoms. The van der Waals surface area contributed by atoms with E-state index in [2.05, 4.69) is 93.2 Å². The lowest BCUT2D eigenvalue weighted by molar-refractivity contribution is 0.430. The molecule has 3 heterocycles. The van der Waals surface area contributed by atoms with Crippen molar-refractivity contribution in [3.8, 4) is 5.75 Å².